The van der Waals surface area contributed by atoms with Crippen LogP contribution in [0.3, 0.4) is 0 Å². The van der Waals surface area contributed by atoms with Crippen LogP contribution in [0.4, 0.5) is 0 Å². The average Bonchev–Trinajstić information content (AvgIpc) is 1.53. The van der Waals surface area contributed by atoms with Crippen LogP contribution in [0.25, 0.3) is 0 Å². The Labute approximate surface area is 101 Å². The van der Waals surface area contributed by atoms with Crippen molar-refractivity contribution in [3.05, 3.63) is 0 Å². The van der Waals surface area contributed by atoms with Gasteiger partial charge in [0.25, 0.3) is 0 Å². The molecule has 0 radical (unpaired) electrons. The van der Waals surface area contributed by atoms with Crippen LogP contribution in [-0.2, 0) is 10.1 Å². The molecule has 12 heavy (non-hydrogen) atoms. The molecule has 3 nitrogen and oxygen atoms in total. The van der Waals surface area contributed by atoms with E-state index in [2.05, 4.69) is 0 Å². The molecule has 0 saturated carbocycles. The smallest absolute Gasteiger partial charge is 0.748 e. The summed E-state index contributed by atoms with van der Waals surface area (Å²) in [5.41, 5.74) is 0. The van der Waals surface area contributed by atoms with Gasteiger partial charge in [0.05, 0.1) is 10.1 Å². The zero-order chi connectivity index (χ0) is 9.07. The molecule has 0 aromatic heterocycles. The Hall–Kier alpha value is 1.000. The van der Waals surface area contributed by atoms with Gasteiger partial charge in [-0.05, 0) is 24.1 Å². The third-order valence-electron chi connectivity index (χ3n) is 1.12. The van der Waals surface area contributed by atoms with Gasteiger partial charge in [-0.2, -0.15) is 0 Å². The van der Waals surface area contributed by atoms with Crippen LogP contribution in [0.1, 0.15) is 20.3 Å². The van der Waals surface area contributed by atoms with E-state index in [0.717, 1.165) is 4.86 Å². The fraction of sp³-hybridized carbons (Fsp3) is 0.833. The topological polar surface area (TPSA) is 57.2 Å². The summed E-state index contributed by atoms with van der Waals surface area (Å²) in [5.74, 6) is -0.476. The molecule has 0 N–H and O–H groups in total. The number of hydrogen-bond donors (Lipinski definition) is 0. The molecule has 0 spiro atoms. The van der Waals surface area contributed by atoms with Crippen LogP contribution < -0.4 is 29.6 Å². The Morgan fingerprint density at radius 3 is 2.25 bits per heavy atom. The molecule has 66 valence electrons. The van der Waals surface area contributed by atoms with Crippen LogP contribution in [0.2, 0.25) is 0 Å². The molecule has 0 aliphatic rings. The molecule has 0 aliphatic carbocycles. The Balaban J connectivity index is 0. The van der Waals surface area contributed by atoms with E-state index in [1.165, 1.54) is 0 Å². The summed E-state index contributed by atoms with van der Waals surface area (Å²) in [6.07, 6.45) is 0.525. The molecule has 0 fully saturated rings. The second-order valence-electron chi connectivity index (χ2n) is 2.74. The van der Waals surface area contributed by atoms with Gasteiger partial charge in [-0.25, -0.2) is 8.42 Å². The van der Waals surface area contributed by atoms with E-state index in [4.69, 9.17) is 12.2 Å². The molecule has 0 aromatic carbocycles. The van der Waals surface area contributed by atoms with Gasteiger partial charge in [0, 0.05) is 5.75 Å². The summed E-state index contributed by atoms with van der Waals surface area (Å²) in [6.45, 7) is 3.44. The van der Waals surface area contributed by atoms with E-state index in [0.29, 0.717) is 6.42 Å². The predicted molar refractivity (Wildman–Crippen MR) is 46.6 cm³/mol. The molecule has 1 unspecified atom stereocenters. The van der Waals surface area contributed by atoms with Gasteiger partial charge in [0.2, 0.25) is 0 Å². The third kappa shape index (κ3) is 11.0. The largest absolute Gasteiger partial charge is 1.00 e. The van der Waals surface area contributed by atoms with Crippen molar-refractivity contribution in [2.75, 3.05) is 5.75 Å². The third-order valence-corrected chi connectivity index (χ3v) is 2.27. The van der Waals surface area contributed by atoms with Crippen LogP contribution in [0.5, 0.6) is 0 Å². The van der Waals surface area contributed by atoms with E-state index in [-0.39, 0.29) is 41.2 Å². The number of thiocarbonyl (C=S) groups is 1. The first-order valence-electron chi connectivity index (χ1n) is 3.24. The van der Waals surface area contributed by atoms with Crippen LogP contribution >= 0.6 is 12.2 Å². The second kappa shape index (κ2) is 6.45. The van der Waals surface area contributed by atoms with Gasteiger partial charge in [-0.1, -0.05) is 19.1 Å². The maximum absolute atomic E-state index is 10.2. The molecule has 0 amide bonds. The summed E-state index contributed by atoms with van der Waals surface area (Å²) in [5, 5.41) is 0. The molecule has 0 bridgehead atoms. The van der Waals surface area contributed by atoms with Crippen molar-refractivity contribution in [3.8, 4) is 0 Å². The molecule has 6 heteroatoms. The summed E-state index contributed by atoms with van der Waals surface area (Å²) < 4.78 is 30.7. The maximum Gasteiger partial charge on any atom is 1.00 e. The van der Waals surface area contributed by atoms with Crippen molar-refractivity contribution in [2.45, 2.75) is 20.3 Å². The Kier molecular flexibility index (Phi) is 8.32. The molecule has 0 saturated heterocycles. The predicted octanol–water partition coefficient (Wildman–Crippen LogP) is -2.05. The first-order valence-corrected chi connectivity index (χ1v) is 5.23. The van der Waals surface area contributed by atoms with E-state index in [1.807, 2.05) is 0 Å². The Bertz CT molecular complexity index is 235. The minimum absolute atomic E-state index is 0. The molecule has 0 aliphatic heterocycles. The summed E-state index contributed by atoms with van der Waals surface area (Å²) in [4.78, 5) is 0.737. The molecular weight excluding hydrogens is 207 g/mol. The maximum atomic E-state index is 10.2. The van der Waals surface area contributed by atoms with Crippen molar-refractivity contribution in [2.24, 2.45) is 5.92 Å². The van der Waals surface area contributed by atoms with Crippen molar-refractivity contribution < 1.29 is 42.5 Å². The fourth-order valence-corrected chi connectivity index (χ4v) is 2.00. The molecular formula is C6H11NaO3S2. The van der Waals surface area contributed by atoms with Gasteiger partial charge in [-0.15, -0.1) is 0 Å². The van der Waals surface area contributed by atoms with Gasteiger partial charge >= 0.3 is 29.6 Å². The Morgan fingerprint density at radius 1 is 1.58 bits per heavy atom. The van der Waals surface area contributed by atoms with Crippen molar-refractivity contribution in [1.29, 1.82) is 0 Å². The molecule has 1 atom stereocenters. The Morgan fingerprint density at radius 2 is 2.00 bits per heavy atom. The first-order chi connectivity index (χ1) is 4.81. The first kappa shape index (κ1) is 15.5. The van der Waals surface area contributed by atoms with Crippen LogP contribution in [0, 0.1) is 5.92 Å². The number of rotatable bonds is 4. The molecule has 0 aromatic rings. The molecule has 0 rings (SSSR count). The fourth-order valence-electron chi connectivity index (χ4n) is 0.898. The van der Waals surface area contributed by atoms with Gasteiger partial charge < -0.3 is 4.55 Å². The summed E-state index contributed by atoms with van der Waals surface area (Å²) in [6, 6.07) is 0. The van der Waals surface area contributed by atoms with Crippen molar-refractivity contribution in [1.82, 2.24) is 0 Å². The number of hydrogen-bond acceptors (Lipinski definition) is 4. The zero-order valence-electron chi connectivity index (χ0n) is 7.53. The van der Waals surface area contributed by atoms with Gasteiger partial charge in [0.1, 0.15) is 0 Å². The van der Waals surface area contributed by atoms with Gasteiger partial charge in [0.15, 0.2) is 0 Å². The van der Waals surface area contributed by atoms with Crippen LogP contribution in [0.15, 0.2) is 0 Å². The molecule has 0 heterocycles. The minimum Gasteiger partial charge on any atom is -0.748 e. The summed E-state index contributed by atoms with van der Waals surface area (Å²) in [7, 11) is -4.08. The van der Waals surface area contributed by atoms with Crippen molar-refractivity contribution >= 4 is 27.2 Å². The second-order valence-corrected chi connectivity index (χ2v) is 4.88. The van der Waals surface area contributed by atoms with Crippen LogP contribution in [-0.4, -0.2) is 23.6 Å². The average molecular weight is 218 g/mol. The van der Waals surface area contributed by atoms with E-state index in [1.54, 1.807) is 13.8 Å². The quantitative estimate of drug-likeness (QED) is 0.310. The minimum atomic E-state index is -4.08. The van der Waals surface area contributed by atoms with Crippen molar-refractivity contribution in [3.63, 3.8) is 0 Å². The van der Waals surface area contributed by atoms with E-state index >= 15 is 0 Å². The standard InChI is InChI=1S/C6H12O3S2.Na/c1-5(3-6(2)10)4-11(7,8)9;/h5H,3-4H2,1-2H3,(H,7,8,9);/q;+1/p-1. The normalized spacial score (nSPS) is 13.2. The van der Waals surface area contributed by atoms with Gasteiger partial charge in [-0.3, -0.25) is 0 Å². The SMILES string of the molecule is CC(=S)CC(C)CS(=O)(=O)[O-].[Na+]. The zero-order valence-corrected chi connectivity index (χ0v) is 11.2. The van der Waals surface area contributed by atoms with E-state index < -0.39 is 10.1 Å². The monoisotopic (exact) mass is 218 g/mol. The van der Waals surface area contributed by atoms with E-state index in [9.17, 15) is 13.0 Å². The summed E-state index contributed by atoms with van der Waals surface area (Å²) >= 11 is 4.76.